The number of nitrogens with one attached hydrogen (secondary N) is 1. The van der Waals surface area contributed by atoms with E-state index in [-0.39, 0.29) is 29.8 Å². The number of nitro benzene ring substituents is 1. The molecule has 27 heavy (non-hydrogen) atoms. The maximum absolute atomic E-state index is 11.9. The zero-order chi connectivity index (χ0) is 20.4. The number of aliphatic carboxylic acids is 1. The largest absolute Gasteiger partial charge is 0.481 e. The van der Waals surface area contributed by atoms with Crippen molar-refractivity contribution < 1.29 is 33.9 Å². The number of cyclic esters (lactones) is 1. The first-order valence-electron chi connectivity index (χ1n) is 8.14. The van der Waals surface area contributed by atoms with Gasteiger partial charge in [0.2, 0.25) is 0 Å². The van der Waals surface area contributed by atoms with Crippen LogP contribution in [0.3, 0.4) is 0 Å². The van der Waals surface area contributed by atoms with Gasteiger partial charge in [0, 0.05) is 18.7 Å². The van der Waals surface area contributed by atoms with Gasteiger partial charge >= 0.3 is 18.0 Å². The maximum atomic E-state index is 11.9. The lowest BCUT2D eigenvalue weighted by atomic mass is 9.91. The van der Waals surface area contributed by atoms with Crippen LogP contribution in [0.5, 0.6) is 0 Å². The summed E-state index contributed by atoms with van der Waals surface area (Å²) in [6.07, 6.45) is -2.12. The Bertz CT molecular complexity index is 784. The van der Waals surface area contributed by atoms with Crippen molar-refractivity contribution in [3.05, 3.63) is 39.4 Å². The van der Waals surface area contributed by atoms with Gasteiger partial charge < -0.3 is 19.9 Å². The molecule has 0 aliphatic carbocycles. The van der Waals surface area contributed by atoms with Gasteiger partial charge in [0.25, 0.3) is 5.69 Å². The highest BCUT2D eigenvalue weighted by Gasteiger charge is 2.42. The molecule has 2 rings (SSSR count). The molecular weight excluding hydrogens is 360 g/mol. The summed E-state index contributed by atoms with van der Waals surface area (Å²) in [5, 5.41) is 22.8. The highest BCUT2D eigenvalue weighted by atomic mass is 16.6. The molecule has 0 spiro atoms. The molecule has 1 aliphatic heterocycles. The molecule has 1 aromatic rings. The number of hydrogen-bond donors (Lipinski definition) is 2. The van der Waals surface area contributed by atoms with E-state index in [1.807, 2.05) is 0 Å². The van der Waals surface area contributed by atoms with Gasteiger partial charge in [-0.25, -0.2) is 4.79 Å². The second-order valence-electron chi connectivity index (χ2n) is 7.05. The van der Waals surface area contributed by atoms with E-state index in [0.717, 1.165) is 0 Å². The number of esters is 1. The number of hydrogen-bond acceptors (Lipinski definition) is 7. The van der Waals surface area contributed by atoms with Gasteiger partial charge in [-0.15, -0.1) is 0 Å². The van der Waals surface area contributed by atoms with Crippen LogP contribution in [0.1, 0.15) is 44.4 Å². The second kappa shape index (κ2) is 7.60. The highest BCUT2D eigenvalue weighted by molar-refractivity contribution is 5.83. The number of carboxylic acids is 1. The van der Waals surface area contributed by atoms with Crippen molar-refractivity contribution in [3.8, 4) is 0 Å². The third kappa shape index (κ3) is 5.16. The summed E-state index contributed by atoms with van der Waals surface area (Å²) in [6, 6.07) is 3.73. The van der Waals surface area contributed by atoms with E-state index >= 15 is 0 Å². The Morgan fingerprint density at radius 2 is 2.07 bits per heavy atom. The van der Waals surface area contributed by atoms with Gasteiger partial charge in [0.1, 0.15) is 17.6 Å². The summed E-state index contributed by atoms with van der Waals surface area (Å²) in [4.78, 5) is 45.3. The van der Waals surface area contributed by atoms with Crippen molar-refractivity contribution >= 4 is 23.7 Å². The third-order valence-corrected chi connectivity index (χ3v) is 3.79. The van der Waals surface area contributed by atoms with E-state index in [9.17, 15) is 29.6 Å². The smallest absolute Gasteiger partial charge is 0.407 e. The van der Waals surface area contributed by atoms with E-state index in [1.165, 1.54) is 18.2 Å². The van der Waals surface area contributed by atoms with Gasteiger partial charge in [-0.05, 0) is 38.0 Å². The minimum atomic E-state index is -1.21. The molecule has 146 valence electrons. The van der Waals surface area contributed by atoms with E-state index in [4.69, 9.17) is 9.47 Å². The number of nitro groups is 1. The summed E-state index contributed by atoms with van der Waals surface area (Å²) >= 11 is 0. The van der Waals surface area contributed by atoms with Crippen LogP contribution in [0.4, 0.5) is 10.5 Å². The molecule has 0 bridgehead atoms. The van der Waals surface area contributed by atoms with Crippen molar-refractivity contribution in [1.29, 1.82) is 0 Å². The molecule has 2 N–H and O–H groups in total. The summed E-state index contributed by atoms with van der Waals surface area (Å²) in [7, 11) is 0. The first kappa shape index (κ1) is 20.1. The molecule has 10 heteroatoms. The molecule has 0 saturated carbocycles. The number of non-ortho nitro benzene ring substituents is 1. The van der Waals surface area contributed by atoms with Crippen molar-refractivity contribution in [3.63, 3.8) is 0 Å². The third-order valence-electron chi connectivity index (χ3n) is 3.79. The molecule has 1 heterocycles. The fourth-order valence-electron chi connectivity index (χ4n) is 2.67. The number of carbonyl (C=O) groups excluding carboxylic acids is 2. The molecule has 1 fully saturated rings. The summed E-state index contributed by atoms with van der Waals surface area (Å²) in [5.41, 5.74) is -0.419. The average Bonchev–Trinajstić information content (AvgIpc) is 2.93. The number of carbonyl (C=O) groups is 3. The van der Waals surface area contributed by atoms with Crippen LogP contribution in [0.15, 0.2) is 18.2 Å². The number of benzene rings is 1. The van der Waals surface area contributed by atoms with Gasteiger partial charge in [-0.2, -0.15) is 0 Å². The summed E-state index contributed by atoms with van der Waals surface area (Å²) < 4.78 is 10.2. The Balaban J connectivity index is 2.31. The fraction of sp³-hybridized carbons (Fsp3) is 0.471. The van der Waals surface area contributed by atoms with Crippen molar-refractivity contribution in [2.24, 2.45) is 5.92 Å². The van der Waals surface area contributed by atoms with E-state index < -0.39 is 40.6 Å². The van der Waals surface area contributed by atoms with Crippen LogP contribution in [0.25, 0.3) is 0 Å². The van der Waals surface area contributed by atoms with Gasteiger partial charge in [-0.3, -0.25) is 19.7 Å². The molecule has 2 unspecified atom stereocenters. The summed E-state index contributed by atoms with van der Waals surface area (Å²) in [5.74, 6) is -2.99. The molecule has 1 aliphatic rings. The molecule has 1 aromatic carbocycles. The Labute approximate surface area is 154 Å². The number of alkyl carbamates (subject to hydrolysis) is 1. The molecule has 0 radical (unpaired) electrons. The van der Waals surface area contributed by atoms with E-state index in [1.54, 1.807) is 20.8 Å². The van der Waals surface area contributed by atoms with Crippen LogP contribution in [0, 0.1) is 16.0 Å². The van der Waals surface area contributed by atoms with Gasteiger partial charge in [-0.1, -0.05) is 0 Å². The van der Waals surface area contributed by atoms with Gasteiger partial charge in [0.15, 0.2) is 0 Å². The van der Waals surface area contributed by atoms with Crippen molar-refractivity contribution in [2.45, 2.75) is 45.4 Å². The van der Waals surface area contributed by atoms with Crippen molar-refractivity contribution in [2.75, 3.05) is 0 Å². The Kier molecular flexibility index (Phi) is 5.67. The molecule has 2 atom stereocenters. The SMILES string of the molecule is CC(C)(C)OC(=O)NCc1cc([N+](=O)[O-])ccc1C1OC(=O)CC1C(=O)O. The quantitative estimate of drug-likeness (QED) is 0.449. The van der Waals surface area contributed by atoms with E-state index in [2.05, 4.69) is 5.32 Å². The highest BCUT2D eigenvalue weighted by Crippen LogP contribution is 2.38. The predicted molar refractivity (Wildman–Crippen MR) is 90.7 cm³/mol. The van der Waals surface area contributed by atoms with Crippen LogP contribution in [0.2, 0.25) is 0 Å². The number of nitrogens with zero attached hydrogens (tertiary/aromatic N) is 1. The monoisotopic (exact) mass is 380 g/mol. The lowest BCUT2D eigenvalue weighted by Gasteiger charge is -2.21. The van der Waals surface area contributed by atoms with E-state index in [0.29, 0.717) is 0 Å². The zero-order valence-corrected chi connectivity index (χ0v) is 15.1. The average molecular weight is 380 g/mol. The first-order valence-corrected chi connectivity index (χ1v) is 8.14. The predicted octanol–water partition coefficient (Wildman–Crippen LogP) is 2.31. The molecule has 1 amide bonds. The van der Waals surface area contributed by atoms with Gasteiger partial charge in [0.05, 0.1) is 11.3 Å². The number of carboxylic acid groups (broad SMARTS) is 1. The Morgan fingerprint density at radius 1 is 1.41 bits per heavy atom. The Morgan fingerprint density at radius 3 is 2.63 bits per heavy atom. The first-order chi connectivity index (χ1) is 12.5. The van der Waals surface area contributed by atoms with Crippen molar-refractivity contribution in [1.82, 2.24) is 5.32 Å². The molecule has 10 nitrogen and oxygen atoms in total. The summed E-state index contributed by atoms with van der Waals surface area (Å²) in [6.45, 7) is 4.88. The molecular formula is C17H20N2O8. The minimum Gasteiger partial charge on any atom is -0.481 e. The standard InChI is InChI=1S/C17H20N2O8/c1-17(2,3)27-16(23)18-8-9-6-10(19(24)25)4-5-11(9)14-12(15(21)22)7-13(20)26-14/h4-6,12,14H,7-8H2,1-3H3,(H,18,23)(H,21,22). The lowest BCUT2D eigenvalue weighted by Crippen LogP contribution is -2.32. The van der Waals surface area contributed by atoms with Crippen LogP contribution < -0.4 is 5.32 Å². The maximum Gasteiger partial charge on any atom is 0.407 e. The molecule has 0 aromatic heterocycles. The van der Waals surface area contributed by atoms with Crippen LogP contribution in [-0.2, 0) is 25.6 Å². The number of ether oxygens (including phenoxy) is 2. The van der Waals surface area contributed by atoms with Crippen LogP contribution >= 0.6 is 0 Å². The topological polar surface area (TPSA) is 145 Å². The van der Waals surface area contributed by atoms with Crippen LogP contribution in [-0.4, -0.2) is 33.7 Å². The zero-order valence-electron chi connectivity index (χ0n) is 15.1. The normalized spacial score (nSPS) is 19.3. The lowest BCUT2D eigenvalue weighted by molar-refractivity contribution is -0.384. The Hall–Kier alpha value is -3.17. The second-order valence-corrected chi connectivity index (χ2v) is 7.05. The number of rotatable bonds is 5. The number of amides is 1. The minimum absolute atomic E-state index is 0.160. The molecule has 1 saturated heterocycles. The fourth-order valence-corrected chi connectivity index (χ4v) is 2.67.